The van der Waals surface area contributed by atoms with E-state index in [0.717, 1.165) is 6.42 Å². The lowest BCUT2D eigenvalue weighted by Gasteiger charge is -2.35. The third-order valence-electron chi connectivity index (χ3n) is 5.35. The number of para-hydroxylation sites is 1. The van der Waals surface area contributed by atoms with Gasteiger partial charge >= 0.3 is 0 Å². The van der Waals surface area contributed by atoms with E-state index in [9.17, 15) is 19.2 Å². The normalized spacial score (nSPS) is 14.2. The summed E-state index contributed by atoms with van der Waals surface area (Å²) >= 11 is 0. The molecule has 2 aromatic rings. The number of nitrogens with one attached hydrogen (secondary N) is 2. The van der Waals surface area contributed by atoms with Crippen molar-refractivity contribution in [1.82, 2.24) is 20.1 Å². The first kappa shape index (κ1) is 21.5. The third-order valence-corrected chi connectivity index (χ3v) is 5.35. The molecule has 0 spiro atoms. The molecule has 0 unspecified atom stereocenters. The quantitative estimate of drug-likeness (QED) is 0.748. The van der Waals surface area contributed by atoms with E-state index in [0.29, 0.717) is 49.4 Å². The maximum absolute atomic E-state index is 12.5. The fraction of sp³-hybridized carbons (Fsp3) is 0.455. The molecule has 8 heteroatoms. The van der Waals surface area contributed by atoms with Crippen LogP contribution in [0.15, 0.2) is 35.3 Å². The van der Waals surface area contributed by atoms with Crippen LogP contribution in [0.25, 0.3) is 10.9 Å². The Bertz CT molecular complexity index is 990. The van der Waals surface area contributed by atoms with Crippen LogP contribution in [0.2, 0.25) is 0 Å². The molecular formula is C22H28N4O4. The molecule has 1 saturated heterocycles. The van der Waals surface area contributed by atoms with Crippen LogP contribution in [0.5, 0.6) is 0 Å². The molecule has 1 aromatic heterocycles. The Kier molecular flexibility index (Phi) is 6.87. The first-order valence-corrected chi connectivity index (χ1v) is 10.3. The number of aromatic amines is 1. The fourth-order valence-corrected chi connectivity index (χ4v) is 3.47. The fourth-order valence-electron chi connectivity index (χ4n) is 3.47. The number of fused-ring (bicyclic) bond motifs is 1. The van der Waals surface area contributed by atoms with Gasteiger partial charge < -0.3 is 20.1 Å². The van der Waals surface area contributed by atoms with E-state index < -0.39 is 5.91 Å². The third kappa shape index (κ3) is 5.06. The summed E-state index contributed by atoms with van der Waals surface area (Å²) in [5.74, 6) is -0.206. The van der Waals surface area contributed by atoms with E-state index >= 15 is 0 Å². The van der Waals surface area contributed by atoms with Crippen LogP contribution in [0.1, 0.15) is 37.0 Å². The summed E-state index contributed by atoms with van der Waals surface area (Å²) in [5, 5.41) is 2.96. The summed E-state index contributed by atoms with van der Waals surface area (Å²) < 4.78 is 0. The highest BCUT2D eigenvalue weighted by Gasteiger charge is 2.24. The van der Waals surface area contributed by atoms with Gasteiger partial charge in [0.1, 0.15) is 5.56 Å². The number of nitrogens with zero attached hydrogens (tertiary/aromatic N) is 2. The van der Waals surface area contributed by atoms with Gasteiger partial charge in [0.25, 0.3) is 5.91 Å². The van der Waals surface area contributed by atoms with Gasteiger partial charge in [-0.2, -0.15) is 0 Å². The summed E-state index contributed by atoms with van der Waals surface area (Å²) in [4.78, 5) is 55.9. The highest BCUT2D eigenvalue weighted by atomic mass is 16.2. The topological polar surface area (TPSA) is 103 Å². The molecule has 0 saturated carbocycles. The summed E-state index contributed by atoms with van der Waals surface area (Å²) in [7, 11) is 0. The van der Waals surface area contributed by atoms with Crippen molar-refractivity contribution in [3.05, 3.63) is 46.2 Å². The molecule has 0 atom stereocenters. The van der Waals surface area contributed by atoms with Crippen LogP contribution in [0.4, 0.5) is 0 Å². The van der Waals surface area contributed by atoms with Crippen molar-refractivity contribution in [2.75, 3.05) is 32.7 Å². The SMILES string of the molecule is CC(C)CCC(=O)N1CCN(C(=O)CNC(=O)c2c[nH]c3ccccc3c2=O)CC1. The number of H-pyrrole nitrogens is 1. The Morgan fingerprint density at radius 2 is 1.67 bits per heavy atom. The number of rotatable bonds is 6. The average molecular weight is 412 g/mol. The maximum atomic E-state index is 12.5. The van der Waals surface area contributed by atoms with Crippen LogP contribution >= 0.6 is 0 Å². The van der Waals surface area contributed by atoms with Gasteiger partial charge in [-0.15, -0.1) is 0 Å². The second-order valence-electron chi connectivity index (χ2n) is 7.95. The lowest BCUT2D eigenvalue weighted by molar-refractivity contribution is -0.139. The number of hydrogen-bond acceptors (Lipinski definition) is 4. The van der Waals surface area contributed by atoms with Gasteiger partial charge in [-0.1, -0.05) is 26.0 Å². The van der Waals surface area contributed by atoms with E-state index in [2.05, 4.69) is 24.1 Å². The Morgan fingerprint density at radius 3 is 2.33 bits per heavy atom. The molecule has 30 heavy (non-hydrogen) atoms. The molecule has 160 valence electrons. The lowest BCUT2D eigenvalue weighted by Crippen LogP contribution is -2.52. The smallest absolute Gasteiger partial charge is 0.257 e. The molecule has 1 aliphatic heterocycles. The molecule has 0 bridgehead atoms. The summed E-state index contributed by atoms with van der Waals surface area (Å²) in [6.45, 7) is 5.87. The predicted octanol–water partition coefficient (Wildman–Crippen LogP) is 1.36. The van der Waals surface area contributed by atoms with Crippen molar-refractivity contribution in [2.45, 2.75) is 26.7 Å². The molecule has 8 nitrogen and oxygen atoms in total. The van der Waals surface area contributed by atoms with Crippen molar-refractivity contribution in [2.24, 2.45) is 5.92 Å². The van der Waals surface area contributed by atoms with E-state index in [1.807, 2.05) is 0 Å². The standard InChI is InChI=1S/C22H28N4O4/c1-15(2)7-8-19(27)25-9-11-26(12-10-25)20(28)14-24-22(30)17-13-23-18-6-4-3-5-16(18)21(17)29/h3-6,13,15H,7-12,14H2,1-2H3,(H,23,29)(H,24,30). The van der Waals surface area contributed by atoms with Crippen LogP contribution < -0.4 is 10.7 Å². The van der Waals surface area contributed by atoms with E-state index in [4.69, 9.17) is 0 Å². The van der Waals surface area contributed by atoms with Crippen LogP contribution in [0.3, 0.4) is 0 Å². The Labute approximate surface area is 175 Å². The molecule has 1 fully saturated rings. The molecule has 2 N–H and O–H groups in total. The molecule has 0 aliphatic carbocycles. The van der Waals surface area contributed by atoms with Crippen molar-refractivity contribution >= 4 is 28.6 Å². The first-order chi connectivity index (χ1) is 14.4. The molecule has 0 radical (unpaired) electrons. The van der Waals surface area contributed by atoms with Gasteiger partial charge in [0.2, 0.25) is 17.2 Å². The highest BCUT2D eigenvalue weighted by Crippen LogP contribution is 2.10. The van der Waals surface area contributed by atoms with Crippen molar-refractivity contribution in [3.63, 3.8) is 0 Å². The minimum Gasteiger partial charge on any atom is -0.360 e. The number of pyridine rings is 1. The number of carbonyl (C=O) groups excluding carboxylic acids is 3. The maximum Gasteiger partial charge on any atom is 0.257 e. The zero-order chi connectivity index (χ0) is 21.7. The van der Waals surface area contributed by atoms with Gasteiger partial charge in [0.15, 0.2) is 0 Å². The van der Waals surface area contributed by atoms with Gasteiger partial charge in [-0.3, -0.25) is 19.2 Å². The number of benzene rings is 1. The van der Waals surface area contributed by atoms with Crippen LogP contribution in [0, 0.1) is 5.92 Å². The average Bonchev–Trinajstić information content (AvgIpc) is 2.76. The van der Waals surface area contributed by atoms with Gasteiger partial charge in [0.05, 0.1) is 6.54 Å². The zero-order valence-corrected chi connectivity index (χ0v) is 17.4. The lowest BCUT2D eigenvalue weighted by atomic mass is 10.1. The number of aromatic nitrogens is 1. The van der Waals surface area contributed by atoms with Crippen molar-refractivity contribution < 1.29 is 14.4 Å². The van der Waals surface area contributed by atoms with E-state index in [-0.39, 0.29) is 29.4 Å². The zero-order valence-electron chi connectivity index (χ0n) is 17.4. The summed E-state index contributed by atoms with van der Waals surface area (Å²) in [5.41, 5.74) is 0.251. The number of amides is 3. The van der Waals surface area contributed by atoms with Crippen molar-refractivity contribution in [3.8, 4) is 0 Å². The highest BCUT2D eigenvalue weighted by molar-refractivity contribution is 5.98. The Balaban J connectivity index is 1.50. The van der Waals surface area contributed by atoms with Gasteiger partial charge in [-0.25, -0.2) is 0 Å². The van der Waals surface area contributed by atoms with Crippen LogP contribution in [-0.2, 0) is 9.59 Å². The second-order valence-corrected chi connectivity index (χ2v) is 7.95. The number of piperazine rings is 1. The Morgan fingerprint density at radius 1 is 1.03 bits per heavy atom. The number of carbonyl (C=O) groups is 3. The Hall–Kier alpha value is -3.16. The predicted molar refractivity (Wildman–Crippen MR) is 114 cm³/mol. The van der Waals surface area contributed by atoms with E-state index in [1.54, 1.807) is 34.1 Å². The van der Waals surface area contributed by atoms with E-state index in [1.165, 1.54) is 6.20 Å². The molecule has 3 rings (SSSR count). The first-order valence-electron chi connectivity index (χ1n) is 10.3. The van der Waals surface area contributed by atoms with Crippen molar-refractivity contribution in [1.29, 1.82) is 0 Å². The molecular weight excluding hydrogens is 384 g/mol. The number of hydrogen-bond donors (Lipinski definition) is 2. The second kappa shape index (κ2) is 9.56. The van der Waals surface area contributed by atoms with Gasteiger partial charge in [0, 0.05) is 49.7 Å². The minimum atomic E-state index is -0.585. The summed E-state index contributed by atoms with van der Waals surface area (Å²) in [6.07, 6.45) is 2.76. The molecule has 1 aromatic carbocycles. The van der Waals surface area contributed by atoms with Crippen LogP contribution in [-0.4, -0.2) is 65.2 Å². The summed E-state index contributed by atoms with van der Waals surface area (Å²) in [6, 6.07) is 6.94. The molecule has 2 heterocycles. The van der Waals surface area contributed by atoms with Gasteiger partial charge in [-0.05, 0) is 24.5 Å². The minimum absolute atomic E-state index is 0.0259. The largest absolute Gasteiger partial charge is 0.360 e. The monoisotopic (exact) mass is 412 g/mol. The molecule has 3 amide bonds. The molecule has 1 aliphatic rings.